The Kier molecular flexibility index (Phi) is 21.8. The normalized spacial score (nSPS) is 18.5. The highest BCUT2D eigenvalue weighted by atomic mass is 32.2. The first-order chi connectivity index (χ1) is 29.2. The van der Waals surface area contributed by atoms with Crippen LogP contribution in [0.5, 0.6) is 0 Å². The molecule has 0 radical (unpaired) electrons. The zero-order chi connectivity index (χ0) is 44.7. The molecule has 10 amide bonds. The fourth-order valence-electron chi connectivity index (χ4n) is 6.78. The molecule has 24 heteroatoms. The molecule has 3 heterocycles. The van der Waals surface area contributed by atoms with Gasteiger partial charge in [0.25, 0.3) is 0 Å². The fraction of sp³-hybridized carbons (Fsp3) is 0.676. The average molecular weight is 880 g/mol. The van der Waals surface area contributed by atoms with Gasteiger partial charge in [0.05, 0.1) is 31.5 Å². The Morgan fingerprint density at radius 2 is 1.59 bits per heavy atom. The number of primary amides is 1. The number of hydrogen-bond donors (Lipinski definition) is 13. The van der Waals surface area contributed by atoms with Crippen LogP contribution in [-0.2, 0) is 44.8 Å². The Morgan fingerprint density at radius 1 is 0.836 bits per heavy atom. The van der Waals surface area contributed by atoms with Gasteiger partial charge in [-0.3, -0.25) is 43.6 Å². The molecule has 1 aromatic heterocycles. The van der Waals surface area contributed by atoms with Crippen LogP contribution in [0, 0.1) is 5.92 Å². The lowest BCUT2D eigenvalue weighted by atomic mass is 9.96. The molecule has 15 N–H and O–H groups in total. The quantitative estimate of drug-likeness (QED) is 0.0163. The second-order valence-electron chi connectivity index (χ2n) is 15.0. The molecule has 340 valence electrons. The van der Waals surface area contributed by atoms with Gasteiger partial charge in [-0.1, -0.05) is 12.8 Å². The lowest BCUT2D eigenvalue weighted by Crippen LogP contribution is -2.55. The Balaban J connectivity index is 1.35. The summed E-state index contributed by atoms with van der Waals surface area (Å²) in [6.07, 6.45) is 7.92. The van der Waals surface area contributed by atoms with E-state index in [0.29, 0.717) is 56.1 Å². The molecular weight excluding hydrogens is 819 g/mol. The number of carbonyl (C=O) groups is 9. The summed E-state index contributed by atoms with van der Waals surface area (Å²) in [5, 5.41) is 30.3. The Labute approximate surface area is 357 Å². The van der Waals surface area contributed by atoms with E-state index in [0.717, 1.165) is 25.0 Å². The van der Waals surface area contributed by atoms with E-state index >= 15 is 0 Å². The summed E-state index contributed by atoms with van der Waals surface area (Å²) < 4.78 is 0. The van der Waals surface area contributed by atoms with E-state index < -0.39 is 78.5 Å². The smallest absolute Gasteiger partial charge is 0.315 e. The first kappa shape index (κ1) is 49.9. The average Bonchev–Trinajstić information content (AvgIpc) is 3.97. The Morgan fingerprint density at radius 3 is 2.30 bits per heavy atom. The highest BCUT2D eigenvalue weighted by Gasteiger charge is 2.42. The van der Waals surface area contributed by atoms with Crippen LogP contribution in [0.25, 0.3) is 0 Å². The number of fused-ring (bicyclic) bond motifs is 1. The maximum Gasteiger partial charge on any atom is 0.315 e. The van der Waals surface area contributed by atoms with Gasteiger partial charge in [0.2, 0.25) is 47.3 Å². The standard InChI is InChI=1S/C37H61N13O10S/c1-21(45-35(57)22(8-4-6-12-38)14-29(52)50-60)34(56)47-25(15-23-16-40-20-44-23)36(58)43-17-30(53)42-18-31(54)46-24(33(39)55)9-5-7-13-41-28(51)11-3-2-10-27-32-26(19-61-27)48-37(59)49-32/h16,20-22,24-27,32,60H,2-15,17-19,38H2,1H3,(H2,39,55)(H,40,44)(H,41,51)(H,42,53)(H,43,58)(H,45,57)(H,46,54)(H,47,56)(H,50,52)(H2,48,49,59)/t21-,22?,24-,25-,26-,27-,32-/m0/s1. The number of carbonyl (C=O) groups excluding carboxylic acids is 9. The number of hydrogen-bond acceptors (Lipinski definition) is 13. The highest BCUT2D eigenvalue weighted by molar-refractivity contribution is 8.00. The molecule has 0 bridgehead atoms. The van der Waals surface area contributed by atoms with Gasteiger partial charge < -0.3 is 59.0 Å². The van der Waals surface area contributed by atoms with Gasteiger partial charge >= 0.3 is 6.03 Å². The number of imidazole rings is 1. The lowest BCUT2D eigenvalue weighted by Gasteiger charge is -2.22. The molecular formula is C37H61N13O10S. The monoisotopic (exact) mass is 879 g/mol. The molecule has 61 heavy (non-hydrogen) atoms. The molecule has 2 aliphatic heterocycles. The molecule has 2 saturated heterocycles. The third-order valence-corrected chi connectivity index (χ3v) is 11.7. The van der Waals surface area contributed by atoms with E-state index in [2.05, 4.69) is 52.5 Å². The molecule has 0 spiro atoms. The third-order valence-electron chi connectivity index (χ3n) is 10.2. The summed E-state index contributed by atoms with van der Waals surface area (Å²) in [6.45, 7) is 1.04. The SMILES string of the molecule is C[C@H](NC(=O)C(CCCCN)CC(=O)NO)C(=O)N[C@@H](Cc1cnc[nH]1)C(=O)NCC(=O)NCC(=O)N[C@@H](CCCCNC(=O)CCCC[C@@H]1SC[C@@H]2NC(=O)N[C@@H]21)C(N)=O. The second kappa shape index (κ2) is 26.7. The van der Waals surface area contributed by atoms with Gasteiger partial charge in [0.1, 0.15) is 18.1 Å². The second-order valence-corrected chi connectivity index (χ2v) is 16.3. The fourth-order valence-corrected chi connectivity index (χ4v) is 8.32. The Bertz CT molecular complexity index is 1650. The zero-order valence-electron chi connectivity index (χ0n) is 34.3. The van der Waals surface area contributed by atoms with Crippen molar-refractivity contribution in [3.63, 3.8) is 0 Å². The van der Waals surface area contributed by atoms with Gasteiger partial charge in [-0.15, -0.1) is 0 Å². The molecule has 7 atom stereocenters. The number of amides is 10. The first-order valence-corrected chi connectivity index (χ1v) is 21.5. The minimum Gasteiger partial charge on any atom is -0.368 e. The summed E-state index contributed by atoms with van der Waals surface area (Å²) in [5.74, 6) is -5.17. The number of thioether (sulfide) groups is 1. The van der Waals surface area contributed by atoms with Crippen molar-refractivity contribution in [3.05, 3.63) is 18.2 Å². The van der Waals surface area contributed by atoms with E-state index in [-0.39, 0.29) is 49.7 Å². The zero-order valence-corrected chi connectivity index (χ0v) is 35.2. The van der Waals surface area contributed by atoms with Gasteiger partial charge in [-0.05, 0) is 58.4 Å². The molecule has 23 nitrogen and oxygen atoms in total. The predicted molar refractivity (Wildman–Crippen MR) is 221 cm³/mol. The number of unbranched alkanes of at least 4 members (excludes halogenated alkanes) is 3. The maximum atomic E-state index is 13.2. The van der Waals surface area contributed by atoms with Gasteiger partial charge in [-0.25, -0.2) is 15.3 Å². The van der Waals surface area contributed by atoms with Crippen molar-refractivity contribution in [2.45, 2.75) is 119 Å². The van der Waals surface area contributed by atoms with Crippen LogP contribution in [0.2, 0.25) is 0 Å². The summed E-state index contributed by atoms with van der Waals surface area (Å²) >= 11 is 1.83. The van der Waals surface area contributed by atoms with Crippen molar-refractivity contribution in [2.75, 3.05) is 31.9 Å². The predicted octanol–water partition coefficient (Wildman–Crippen LogP) is -3.20. The van der Waals surface area contributed by atoms with Crippen LogP contribution in [0.4, 0.5) is 4.79 Å². The van der Waals surface area contributed by atoms with Crippen molar-refractivity contribution < 1.29 is 48.4 Å². The van der Waals surface area contributed by atoms with E-state index in [9.17, 15) is 43.2 Å². The van der Waals surface area contributed by atoms with Gasteiger partial charge in [0, 0.05) is 54.6 Å². The van der Waals surface area contributed by atoms with E-state index in [1.165, 1.54) is 24.9 Å². The number of aromatic nitrogens is 2. The molecule has 1 unspecified atom stereocenters. The van der Waals surface area contributed by atoms with Crippen LogP contribution in [0.3, 0.4) is 0 Å². The first-order valence-electron chi connectivity index (χ1n) is 20.5. The highest BCUT2D eigenvalue weighted by Crippen LogP contribution is 2.33. The van der Waals surface area contributed by atoms with Crippen LogP contribution in [0.15, 0.2) is 12.5 Å². The maximum absolute atomic E-state index is 13.2. The number of H-pyrrole nitrogens is 1. The van der Waals surface area contributed by atoms with Crippen LogP contribution in [-0.4, -0.2) is 136 Å². The summed E-state index contributed by atoms with van der Waals surface area (Å²) in [4.78, 5) is 119. The third kappa shape index (κ3) is 18.3. The number of aromatic amines is 1. The van der Waals surface area contributed by atoms with Crippen molar-refractivity contribution in [1.29, 1.82) is 0 Å². The van der Waals surface area contributed by atoms with E-state index in [1.807, 2.05) is 11.8 Å². The molecule has 0 aromatic carbocycles. The lowest BCUT2D eigenvalue weighted by molar-refractivity contribution is -0.136. The van der Waals surface area contributed by atoms with Crippen LogP contribution >= 0.6 is 11.8 Å². The molecule has 3 rings (SSSR count). The Hall–Kier alpha value is -5.49. The van der Waals surface area contributed by atoms with Crippen molar-refractivity contribution >= 4 is 65.1 Å². The summed E-state index contributed by atoms with van der Waals surface area (Å²) in [5.41, 5.74) is 13.0. The summed E-state index contributed by atoms with van der Waals surface area (Å²) in [6, 6.07) is -3.22. The minimum absolute atomic E-state index is 0.0655. The summed E-state index contributed by atoms with van der Waals surface area (Å²) in [7, 11) is 0. The number of nitrogens with one attached hydrogen (secondary N) is 10. The number of urea groups is 1. The van der Waals surface area contributed by atoms with Crippen LogP contribution in [0.1, 0.15) is 83.2 Å². The number of nitrogens with zero attached hydrogens (tertiary/aromatic N) is 1. The molecule has 0 saturated carbocycles. The van der Waals surface area contributed by atoms with Crippen LogP contribution < -0.4 is 59.5 Å². The molecule has 2 aliphatic rings. The topological polar surface area (TPSA) is 363 Å². The minimum atomic E-state index is -1.23. The number of nitrogens with two attached hydrogens (primary N) is 2. The number of hydroxylamine groups is 1. The molecule has 1 aromatic rings. The van der Waals surface area contributed by atoms with Crippen molar-refractivity contribution in [1.82, 2.24) is 58.0 Å². The van der Waals surface area contributed by atoms with Crippen molar-refractivity contribution in [3.8, 4) is 0 Å². The van der Waals surface area contributed by atoms with Gasteiger partial charge in [0.15, 0.2) is 0 Å². The largest absolute Gasteiger partial charge is 0.368 e. The molecule has 0 aliphatic carbocycles. The van der Waals surface area contributed by atoms with E-state index in [4.69, 9.17) is 16.7 Å². The van der Waals surface area contributed by atoms with E-state index in [1.54, 1.807) is 0 Å². The van der Waals surface area contributed by atoms with Gasteiger partial charge in [-0.2, -0.15) is 11.8 Å². The molecule has 2 fully saturated rings. The number of rotatable bonds is 29. The van der Waals surface area contributed by atoms with Crippen molar-refractivity contribution in [2.24, 2.45) is 17.4 Å².